The number of amides is 2. The molecule has 0 bridgehead atoms. The molecule has 2 amide bonds. The van der Waals surface area contributed by atoms with Gasteiger partial charge in [-0.15, -0.1) is 11.8 Å². The molecule has 0 saturated heterocycles. The standard InChI is InChI=1S/C26H22ClFN2O4S/c1-15(25(31)29-12-16-6-9-21-22(10-16)34-14-33-21)24-26(32)30(20-4-2-3-5-23(20)35-24)13-17-7-8-18(28)11-19(17)27/h2-11,15,24H,12-14H2,1H3,(H,29,31). The Kier molecular flexibility index (Phi) is 6.58. The van der Waals surface area contributed by atoms with Crippen molar-refractivity contribution in [1.29, 1.82) is 0 Å². The van der Waals surface area contributed by atoms with Crippen molar-refractivity contribution in [2.45, 2.75) is 30.2 Å². The molecule has 3 aromatic carbocycles. The van der Waals surface area contributed by atoms with Crippen LogP contribution in [0.1, 0.15) is 18.1 Å². The summed E-state index contributed by atoms with van der Waals surface area (Å²) in [4.78, 5) is 29.2. The van der Waals surface area contributed by atoms with Crippen LogP contribution in [0, 0.1) is 11.7 Å². The molecule has 0 spiro atoms. The monoisotopic (exact) mass is 512 g/mol. The summed E-state index contributed by atoms with van der Waals surface area (Å²) in [5.41, 5.74) is 2.24. The van der Waals surface area contributed by atoms with E-state index >= 15 is 0 Å². The molecule has 9 heteroatoms. The molecule has 0 fully saturated rings. The lowest BCUT2D eigenvalue weighted by atomic mass is 10.0. The third kappa shape index (κ3) is 4.81. The van der Waals surface area contributed by atoms with Gasteiger partial charge in [-0.25, -0.2) is 4.39 Å². The van der Waals surface area contributed by atoms with E-state index in [0.717, 1.165) is 16.1 Å². The zero-order chi connectivity index (χ0) is 24.5. The Morgan fingerprint density at radius 1 is 1.17 bits per heavy atom. The van der Waals surface area contributed by atoms with E-state index in [4.69, 9.17) is 21.1 Å². The third-order valence-corrected chi connectivity index (χ3v) is 7.85. The van der Waals surface area contributed by atoms with Crippen LogP contribution in [0.15, 0.2) is 65.6 Å². The van der Waals surface area contributed by atoms with Gasteiger partial charge in [-0.1, -0.05) is 42.8 Å². The van der Waals surface area contributed by atoms with Crippen LogP contribution < -0.4 is 19.7 Å². The first kappa shape index (κ1) is 23.5. The smallest absolute Gasteiger partial charge is 0.241 e. The lowest BCUT2D eigenvalue weighted by Crippen LogP contribution is -2.47. The molecule has 2 aliphatic rings. The molecule has 2 heterocycles. The lowest BCUT2D eigenvalue weighted by molar-refractivity contribution is -0.128. The topological polar surface area (TPSA) is 67.9 Å². The fourth-order valence-electron chi connectivity index (χ4n) is 4.08. The van der Waals surface area contributed by atoms with Crippen molar-refractivity contribution < 1.29 is 23.5 Å². The summed E-state index contributed by atoms with van der Waals surface area (Å²) in [6.07, 6.45) is 0. The van der Waals surface area contributed by atoms with Crippen molar-refractivity contribution in [3.63, 3.8) is 0 Å². The summed E-state index contributed by atoms with van der Waals surface area (Å²) in [6, 6.07) is 17.2. The lowest BCUT2D eigenvalue weighted by Gasteiger charge is -2.36. The fourth-order valence-corrected chi connectivity index (χ4v) is 5.59. The fraction of sp³-hybridized carbons (Fsp3) is 0.231. The maximum absolute atomic E-state index is 13.6. The van der Waals surface area contributed by atoms with Crippen LogP contribution in [0.3, 0.4) is 0 Å². The van der Waals surface area contributed by atoms with E-state index in [2.05, 4.69) is 5.32 Å². The highest BCUT2D eigenvalue weighted by atomic mass is 35.5. The molecular formula is C26H22ClFN2O4S. The number of ether oxygens (including phenoxy) is 2. The molecule has 0 radical (unpaired) electrons. The van der Waals surface area contributed by atoms with E-state index < -0.39 is 17.0 Å². The Hall–Kier alpha value is -3.23. The van der Waals surface area contributed by atoms with Gasteiger partial charge in [0.25, 0.3) is 0 Å². The maximum Gasteiger partial charge on any atom is 0.241 e. The Bertz CT molecular complexity index is 1300. The van der Waals surface area contributed by atoms with Gasteiger partial charge in [-0.05, 0) is 47.5 Å². The number of hydrogen-bond acceptors (Lipinski definition) is 5. The number of nitrogens with zero attached hydrogens (tertiary/aromatic N) is 1. The van der Waals surface area contributed by atoms with Crippen LogP contribution in [0.4, 0.5) is 10.1 Å². The molecular weight excluding hydrogens is 491 g/mol. The van der Waals surface area contributed by atoms with E-state index in [1.54, 1.807) is 17.9 Å². The first-order valence-electron chi connectivity index (χ1n) is 11.1. The largest absolute Gasteiger partial charge is 0.454 e. The summed E-state index contributed by atoms with van der Waals surface area (Å²) in [7, 11) is 0. The van der Waals surface area contributed by atoms with E-state index in [1.165, 1.54) is 23.9 Å². The minimum absolute atomic E-state index is 0.178. The highest BCUT2D eigenvalue weighted by molar-refractivity contribution is 8.01. The molecule has 6 nitrogen and oxygen atoms in total. The van der Waals surface area contributed by atoms with Crippen molar-refractivity contribution in [3.05, 3.63) is 82.6 Å². The van der Waals surface area contributed by atoms with Gasteiger partial charge in [0, 0.05) is 16.5 Å². The number of para-hydroxylation sites is 1. The van der Waals surface area contributed by atoms with Gasteiger partial charge in [0.1, 0.15) is 11.1 Å². The normalized spacial score (nSPS) is 17.2. The summed E-state index contributed by atoms with van der Waals surface area (Å²) < 4.78 is 24.2. The van der Waals surface area contributed by atoms with Gasteiger partial charge in [-0.2, -0.15) is 0 Å². The molecule has 35 heavy (non-hydrogen) atoms. The number of nitrogens with one attached hydrogen (secondary N) is 1. The predicted molar refractivity (Wildman–Crippen MR) is 132 cm³/mol. The molecule has 1 N–H and O–H groups in total. The molecule has 0 aromatic heterocycles. The van der Waals surface area contributed by atoms with Crippen molar-refractivity contribution >= 4 is 40.9 Å². The molecule has 0 aliphatic carbocycles. The number of halogens is 2. The van der Waals surface area contributed by atoms with E-state index in [0.29, 0.717) is 23.6 Å². The number of anilines is 1. The van der Waals surface area contributed by atoms with Crippen LogP contribution in [0.25, 0.3) is 0 Å². The Labute approximate surface area is 211 Å². The maximum atomic E-state index is 13.6. The first-order valence-corrected chi connectivity index (χ1v) is 12.3. The Balaban J connectivity index is 1.33. The molecule has 5 rings (SSSR count). The number of carbonyl (C=O) groups is 2. The molecule has 2 unspecified atom stereocenters. The number of fused-ring (bicyclic) bond motifs is 2. The highest BCUT2D eigenvalue weighted by Crippen LogP contribution is 2.42. The van der Waals surface area contributed by atoms with Crippen molar-refractivity contribution in [1.82, 2.24) is 5.32 Å². The molecule has 2 aliphatic heterocycles. The Morgan fingerprint density at radius 3 is 2.80 bits per heavy atom. The Morgan fingerprint density at radius 2 is 1.97 bits per heavy atom. The van der Waals surface area contributed by atoms with Crippen molar-refractivity contribution in [2.75, 3.05) is 11.7 Å². The molecule has 3 aromatic rings. The minimum atomic E-state index is -0.624. The molecule has 2 atom stereocenters. The van der Waals surface area contributed by atoms with Crippen molar-refractivity contribution in [2.24, 2.45) is 5.92 Å². The van der Waals surface area contributed by atoms with Gasteiger partial charge < -0.3 is 19.7 Å². The average Bonchev–Trinajstić information content (AvgIpc) is 3.33. The van der Waals surface area contributed by atoms with Crippen molar-refractivity contribution in [3.8, 4) is 11.5 Å². The SMILES string of the molecule is CC(C(=O)NCc1ccc2c(c1)OCO2)C1Sc2ccccc2N(Cc2ccc(F)cc2Cl)C1=O. The molecule has 180 valence electrons. The zero-order valence-corrected chi connectivity index (χ0v) is 20.4. The summed E-state index contributed by atoms with van der Waals surface area (Å²) in [5.74, 6) is -0.133. The summed E-state index contributed by atoms with van der Waals surface area (Å²) in [6.45, 7) is 2.42. The second-order valence-corrected chi connectivity index (χ2v) is 9.95. The zero-order valence-electron chi connectivity index (χ0n) is 18.8. The number of thioether (sulfide) groups is 1. The van der Waals surface area contributed by atoms with Crippen LogP contribution in [-0.4, -0.2) is 23.9 Å². The van der Waals surface area contributed by atoms with Crippen LogP contribution in [0.5, 0.6) is 11.5 Å². The predicted octanol–water partition coefficient (Wildman–Crippen LogP) is 5.17. The number of hydrogen-bond donors (Lipinski definition) is 1. The van der Waals surface area contributed by atoms with Crippen LogP contribution >= 0.6 is 23.4 Å². The van der Waals surface area contributed by atoms with E-state index in [1.807, 2.05) is 42.5 Å². The van der Waals surface area contributed by atoms with Gasteiger partial charge in [0.05, 0.1) is 18.2 Å². The second-order valence-electron chi connectivity index (χ2n) is 8.36. The van der Waals surface area contributed by atoms with Gasteiger partial charge in [0.15, 0.2) is 11.5 Å². The van der Waals surface area contributed by atoms with Gasteiger partial charge in [-0.3, -0.25) is 9.59 Å². The number of rotatable bonds is 6. The van der Waals surface area contributed by atoms with E-state index in [-0.39, 0.29) is 30.2 Å². The van der Waals surface area contributed by atoms with Gasteiger partial charge >= 0.3 is 0 Å². The third-order valence-electron chi connectivity index (χ3n) is 6.03. The first-order chi connectivity index (χ1) is 16.9. The van der Waals surface area contributed by atoms with E-state index in [9.17, 15) is 14.0 Å². The second kappa shape index (κ2) is 9.79. The minimum Gasteiger partial charge on any atom is -0.454 e. The summed E-state index contributed by atoms with van der Waals surface area (Å²) >= 11 is 7.62. The van der Waals surface area contributed by atoms with Crippen LogP contribution in [-0.2, 0) is 22.7 Å². The highest BCUT2D eigenvalue weighted by Gasteiger charge is 2.39. The number of benzene rings is 3. The summed E-state index contributed by atoms with van der Waals surface area (Å²) in [5, 5.41) is 2.55. The number of carbonyl (C=O) groups excluding carboxylic acids is 2. The average molecular weight is 513 g/mol. The molecule has 0 saturated carbocycles. The van der Waals surface area contributed by atoms with Crippen LogP contribution in [0.2, 0.25) is 5.02 Å². The quantitative estimate of drug-likeness (QED) is 0.493. The van der Waals surface area contributed by atoms with Gasteiger partial charge in [0.2, 0.25) is 18.6 Å².